The minimum absolute atomic E-state index is 0.731. The molecule has 66 valence electrons. The van der Waals surface area contributed by atoms with E-state index in [1.54, 1.807) is 23.7 Å². The summed E-state index contributed by atoms with van der Waals surface area (Å²) in [6.07, 6.45) is 3.57. The maximum Gasteiger partial charge on any atom is 0.182 e. The van der Waals surface area contributed by atoms with Gasteiger partial charge in [-0.2, -0.15) is 0 Å². The number of anilines is 1. The third-order valence-electron chi connectivity index (χ3n) is 1.58. The second kappa shape index (κ2) is 4.00. The zero-order valence-corrected chi connectivity index (χ0v) is 7.79. The van der Waals surface area contributed by atoms with Gasteiger partial charge in [0.1, 0.15) is 0 Å². The highest BCUT2D eigenvalue weighted by Crippen LogP contribution is 2.10. The van der Waals surface area contributed by atoms with Crippen molar-refractivity contribution in [2.24, 2.45) is 0 Å². The topological polar surface area (TPSA) is 37.8 Å². The van der Waals surface area contributed by atoms with E-state index < -0.39 is 0 Å². The first kappa shape index (κ1) is 8.19. The van der Waals surface area contributed by atoms with E-state index >= 15 is 0 Å². The van der Waals surface area contributed by atoms with Crippen LogP contribution in [0.4, 0.5) is 5.13 Å². The summed E-state index contributed by atoms with van der Waals surface area (Å²) in [4.78, 5) is 8.30. The van der Waals surface area contributed by atoms with E-state index in [1.807, 2.05) is 23.6 Å². The van der Waals surface area contributed by atoms with Crippen molar-refractivity contribution >= 4 is 16.5 Å². The summed E-state index contributed by atoms with van der Waals surface area (Å²) in [7, 11) is 0. The van der Waals surface area contributed by atoms with Crippen molar-refractivity contribution in [3.8, 4) is 0 Å². The fraction of sp³-hybridized carbons (Fsp3) is 0.111. The van der Waals surface area contributed by atoms with Gasteiger partial charge in [-0.15, -0.1) is 11.3 Å². The first-order valence-electron chi connectivity index (χ1n) is 3.98. The van der Waals surface area contributed by atoms with E-state index in [1.165, 1.54) is 0 Å². The molecule has 2 aromatic heterocycles. The highest BCUT2D eigenvalue weighted by Gasteiger charge is 1.94. The minimum Gasteiger partial charge on any atom is -0.356 e. The molecule has 0 amide bonds. The Kier molecular flexibility index (Phi) is 2.52. The van der Waals surface area contributed by atoms with Gasteiger partial charge < -0.3 is 5.32 Å². The van der Waals surface area contributed by atoms with Gasteiger partial charge >= 0.3 is 0 Å². The molecular weight excluding hydrogens is 182 g/mol. The molecule has 4 heteroatoms. The van der Waals surface area contributed by atoms with Gasteiger partial charge in [-0.1, -0.05) is 6.07 Å². The largest absolute Gasteiger partial charge is 0.356 e. The van der Waals surface area contributed by atoms with Crippen LogP contribution in [0.2, 0.25) is 0 Å². The summed E-state index contributed by atoms with van der Waals surface area (Å²) in [5.41, 5.74) is 1.03. The normalized spacial score (nSPS) is 9.85. The lowest BCUT2D eigenvalue weighted by Gasteiger charge is -2.00. The third-order valence-corrected chi connectivity index (χ3v) is 2.31. The molecule has 0 aliphatic heterocycles. The molecule has 0 spiro atoms. The Balaban J connectivity index is 1.94. The van der Waals surface area contributed by atoms with Crippen LogP contribution in [0, 0.1) is 0 Å². The molecule has 0 radical (unpaired) electrons. The molecule has 0 fully saturated rings. The minimum atomic E-state index is 0.731. The van der Waals surface area contributed by atoms with Crippen molar-refractivity contribution in [1.29, 1.82) is 0 Å². The van der Waals surface area contributed by atoms with Crippen molar-refractivity contribution in [1.82, 2.24) is 9.97 Å². The first-order chi connectivity index (χ1) is 6.45. The smallest absolute Gasteiger partial charge is 0.182 e. The van der Waals surface area contributed by atoms with Gasteiger partial charge in [-0.25, -0.2) is 4.98 Å². The van der Waals surface area contributed by atoms with E-state index in [0.29, 0.717) is 0 Å². The van der Waals surface area contributed by atoms with Crippen LogP contribution in [0.3, 0.4) is 0 Å². The number of thiazole rings is 1. The van der Waals surface area contributed by atoms with Gasteiger partial charge in [0.25, 0.3) is 0 Å². The SMILES string of the molecule is c1ccc(CNc2nccs2)nc1. The fourth-order valence-electron chi connectivity index (χ4n) is 0.980. The average molecular weight is 191 g/mol. The molecule has 2 aromatic rings. The molecule has 1 N–H and O–H groups in total. The Labute approximate surface area is 80.5 Å². The van der Waals surface area contributed by atoms with E-state index in [2.05, 4.69) is 15.3 Å². The number of pyridine rings is 1. The molecule has 0 saturated heterocycles. The van der Waals surface area contributed by atoms with Gasteiger partial charge in [-0.05, 0) is 12.1 Å². The summed E-state index contributed by atoms with van der Waals surface area (Å²) in [6, 6.07) is 5.87. The quantitative estimate of drug-likeness (QED) is 0.807. The second-order valence-electron chi connectivity index (χ2n) is 2.51. The van der Waals surface area contributed by atoms with E-state index in [4.69, 9.17) is 0 Å². The highest BCUT2D eigenvalue weighted by molar-refractivity contribution is 7.13. The predicted octanol–water partition coefficient (Wildman–Crippen LogP) is 2.15. The van der Waals surface area contributed by atoms with Gasteiger partial charge in [-0.3, -0.25) is 4.98 Å². The van der Waals surface area contributed by atoms with Crippen molar-refractivity contribution in [3.05, 3.63) is 41.7 Å². The summed E-state index contributed by atoms with van der Waals surface area (Å²) in [5, 5.41) is 6.07. The molecule has 2 heterocycles. The number of nitrogens with one attached hydrogen (secondary N) is 1. The Morgan fingerprint density at radius 1 is 1.23 bits per heavy atom. The summed E-state index contributed by atoms with van der Waals surface area (Å²) >= 11 is 1.59. The number of hydrogen-bond donors (Lipinski definition) is 1. The average Bonchev–Trinajstić information content (AvgIpc) is 2.69. The van der Waals surface area contributed by atoms with Crippen molar-refractivity contribution in [2.45, 2.75) is 6.54 Å². The number of aromatic nitrogens is 2. The van der Waals surface area contributed by atoms with E-state index in [0.717, 1.165) is 17.4 Å². The summed E-state index contributed by atoms with van der Waals surface area (Å²) < 4.78 is 0. The maximum absolute atomic E-state index is 4.19. The van der Waals surface area contributed by atoms with Gasteiger partial charge in [0.2, 0.25) is 0 Å². The zero-order chi connectivity index (χ0) is 8.93. The lowest BCUT2D eigenvalue weighted by atomic mass is 10.3. The predicted molar refractivity (Wildman–Crippen MR) is 53.7 cm³/mol. The second-order valence-corrected chi connectivity index (χ2v) is 3.41. The van der Waals surface area contributed by atoms with E-state index in [9.17, 15) is 0 Å². The molecule has 0 aliphatic carbocycles. The molecular formula is C9H9N3S. The third kappa shape index (κ3) is 2.26. The van der Waals surface area contributed by atoms with Crippen LogP contribution in [0.5, 0.6) is 0 Å². The zero-order valence-electron chi connectivity index (χ0n) is 6.97. The van der Waals surface area contributed by atoms with Crippen molar-refractivity contribution < 1.29 is 0 Å². The van der Waals surface area contributed by atoms with Crippen LogP contribution >= 0.6 is 11.3 Å². The summed E-state index contributed by atoms with van der Waals surface area (Å²) in [6.45, 7) is 0.731. The van der Waals surface area contributed by atoms with Crippen LogP contribution in [0.15, 0.2) is 36.0 Å². The van der Waals surface area contributed by atoms with Crippen LogP contribution in [0.1, 0.15) is 5.69 Å². The van der Waals surface area contributed by atoms with Crippen LogP contribution in [-0.2, 0) is 6.54 Å². The number of rotatable bonds is 3. The van der Waals surface area contributed by atoms with Crippen molar-refractivity contribution in [3.63, 3.8) is 0 Å². The maximum atomic E-state index is 4.19. The van der Waals surface area contributed by atoms with Gasteiger partial charge in [0.05, 0.1) is 12.2 Å². The monoisotopic (exact) mass is 191 g/mol. The van der Waals surface area contributed by atoms with Crippen LogP contribution < -0.4 is 5.32 Å². The molecule has 13 heavy (non-hydrogen) atoms. The summed E-state index contributed by atoms with van der Waals surface area (Å²) in [5.74, 6) is 0. The molecule has 0 bridgehead atoms. The molecule has 0 saturated carbocycles. The van der Waals surface area contributed by atoms with Gasteiger partial charge in [0, 0.05) is 17.8 Å². The van der Waals surface area contributed by atoms with Crippen LogP contribution in [-0.4, -0.2) is 9.97 Å². The Bertz CT molecular complexity index is 344. The number of nitrogens with zero attached hydrogens (tertiary/aromatic N) is 2. The Morgan fingerprint density at radius 2 is 2.23 bits per heavy atom. The Hall–Kier alpha value is -1.42. The first-order valence-corrected chi connectivity index (χ1v) is 4.86. The molecule has 0 aromatic carbocycles. The lowest BCUT2D eigenvalue weighted by Crippen LogP contribution is -2.00. The van der Waals surface area contributed by atoms with Crippen LogP contribution in [0.25, 0.3) is 0 Å². The molecule has 0 aliphatic rings. The lowest BCUT2D eigenvalue weighted by molar-refractivity contribution is 1.04. The Morgan fingerprint density at radius 3 is 2.92 bits per heavy atom. The molecule has 3 nitrogen and oxygen atoms in total. The molecule has 2 rings (SSSR count). The van der Waals surface area contributed by atoms with E-state index in [-0.39, 0.29) is 0 Å². The molecule has 0 atom stereocenters. The standard InChI is InChI=1S/C9H9N3S/c1-2-4-10-8(3-1)7-12-9-11-5-6-13-9/h1-6H,7H2,(H,11,12). The fourth-order valence-corrected chi connectivity index (χ4v) is 1.51. The van der Waals surface area contributed by atoms with Crippen molar-refractivity contribution in [2.75, 3.05) is 5.32 Å². The molecule has 0 unspecified atom stereocenters. The van der Waals surface area contributed by atoms with Gasteiger partial charge in [0.15, 0.2) is 5.13 Å². The highest BCUT2D eigenvalue weighted by atomic mass is 32.1. The number of hydrogen-bond acceptors (Lipinski definition) is 4.